The Balaban J connectivity index is 1.86. The summed E-state index contributed by atoms with van der Waals surface area (Å²) in [6.45, 7) is 3.50. The molecule has 4 heteroatoms. The van der Waals surface area contributed by atoms with Crippen molar-refractivity contribution in [1.29, 1.82) is 0 Å². The number of hydrogen-bond donors (Lipinski definition) is 2. The Bertz CT molecular complexity index is 263. The predicted molar refractivity (Wildman–Crippen MR) is 63.7 cm³/mol. The van der Waals surface area contributed by atoms with Gasteiger partial charge in [-0.1, -0.05) is 6.42 Å². The van der Waals surface area contributed by atoms with E-state index in [4.69, 9.17) is 11.5 Å². The molecule has 2 atom stereocenters. The smallest absolute Gasteiger partial charge is 0.237 e. The summed E-state index contributed by atoms with van der Waals surface area (Å²) in [5.41, 5.74) is 10.8. The van der Waals surface area contributed by atoms with Crippen molar-refractivity contribution in [2.24, 2.45) is 17.4 Å². The summed E-state index contributed by atoms with van der Waals surface area (Å²) in [6.07, 6.45) is 6.53. The fourth-order valence-electron chi connectivity index (χ4n) is 3.17. The minimum absolute atomic E-state index is 0.297. The van der Waals surface area contributed by atoms with Crippen LogP contribution in [0, 0.1) is 5.92 Å². The van der Waals surface area contributed by atoms with Crippen molar-refractivity contribution in [2.45, 2.75) is 44.1 Å². The van der Waals surface area contributed by atoms with E-state index in [0.29, 0.717) is 5.92 Å². The van der Waals surface area contributed by atoms with Gasteiger partial charge in [-0.15, -0.1) is 0 Å². The van der Waals surface area contributed by atoms with Crippen molar-refractivity contribution in [1.82, 2.24) is 4.90 Å². The van der Waals surface area contributed by atoms with Crippen molar-refractivity contribution >= 4 is 5.91 Å². The molecule has 2 aliphatic rings. The van der Waals surface area contributed by atoms with E-state index in [1.807, 2.05) is 0 Å². The van der Waals surface area contributed by atoms with Crippen molar-refractivity contribution in [3.05, 3.63) is 0 Å². The first-order valence-corrected chi connectivity index (χ1v) is 6.44. The van der Waals surface area contributed by atoms with Gasteiger partial charge < -0.3 is 16.4 Å². The molecule has 1 amide bonds. The Kier molecular flexibility index (Phi) is 3.50. The molecule has 0 spiro atoms. The van der Waals surface area contributed by atoms with Gasteiger partial charge in [-0.2, -0.15) is 0 Å². The Hall–Kier alpha value is -0.610. The quantitative estimate of drug-likeness (QED) is 0.730. The van der Waals surface area contributed by atoms with Gasteiger partial charge >= 0.3 is 0 Å². The highest BCUT2D eigenvalue weighted by Gasteiger charge is 2.44. The second kappa shape index (κ2) is 4.72. The van der Waals surface area contributed by atoms with E-state index in [-0.39, 0.29) is 5.91 Å². The van der Waals surface area contributed by atoms with E-state index in [0.717, 1.165) is 32.2 Å². The highest BCUT2D eigenvalue weighted by atomic mass is 16.1. The molecule has 1 heterocycles. The van der Waals surface area contributed by atoms with Crippen molar-refractivity contribution in [3.63, 3.8) is 0 Å². The van der Waals surface area contributed by atoms with Gasteiger partial charge in [0.1, 0.15) is 0 Å². The molecule has 1 saturated carbocycles. The van der Waals surface area contributed by atoms with Gasteiger partial charge in [-0.25, -0.2) is 0 Å². The molecule has 0 aromatic rings. The Morgan fingerprint density at radius 1 is 1.31 bits per heavy atom. The standard InChI is InChI=1S/C12H23N3O/c13-11(16)12(14)6-3-4-10(12)5-9-15-7-1-2-8-15/h10H,1-9,14H2,(H2,13,16). The van der Waals surface area contributed by atoms with Crippen LogP contribution in [0.25, 0.3) is 0 Å². The van der Waals surface area contributed by atoms with E-state index in [9.17, 15) is 4.79 Å². The average molecular weight is 225 g/mol. The van der Waals surface area contributed by atoms with Crippen LogP contribution in [0.3, 0.4) is 0 Å². The number of likely N-dealkylation sites (tertiary alicyclic amines) is 1. The van der Waals surface area contributed by atoms with E-state index in [2.05, 4.69) is 4.90 Å². The SMILES string of the molecule is NC(=O)C1(N)CCCC1CCN1CCCC1. The largest absolute Gasteiger partial charge is 0.368 e. The van der Waals surface area contributed by atoms with Crippen LogP contribution in [0.5, 0.6) is 0 Å². The van der Waals surface area contributed by atoms with Crippen LogP contribution in [0.15, 0.2) is 0 Å². The highest BCUT2D eigenvalue weighted by molar-refractivity contribution is 5.85. The fourth-order valence-corrected chi connectivity index (χ4v) is 3.17. The predicted octanol–water partition coefficient (Wildman–Crippen LogP) is 0.455. The first kappa shape index (κ1) is 11.9. The molecule has 0 aromatic carbocycles. The number of carbonyl (C=O) groups excluding carboxylic acids is 1. The van der Waals surface area contributed by atoms with E-state index in [1.165, 1.54) is 25.9 Å². The molecule has 2 fully saturated rings. The lowest BCUT2D eigenvalue weighted by Gasteiger charge is -2.29. The van der Waals surface area contributed by atoms with Crippen LogP contribution in [0.1, 0.15) is 38.5 Å². The lowest BCUT2D eigenvalue weighted by molar-refractivity contribution is -0.124. The molecular formula is C12H23N3O. The minimum Gasteiger partial charge on any atom is -0.368 e. The molecule has 16 heavy (non-hydrogen) atoms. The molecule has 4 N–H and O–H groups in total. The van der Waals surface area contributed by atoms with Crippen LogP contribution >= 0.6 is 0 Å². The van der Waals surface area contributed by atoms with Gasteiger partial charge in [-0.3, -0.25) is 4.79 Å². The molecule has 0 aromatic heterocycles. The maximum atomic E-state index is 11.4. The van der Waals surface area contributed by atoms with E-state index >= 15 is 0 Å². The van der Waals surface area contributed by atoms with Crippen molar-refractivity contribution < 1.29 is 4.79 Å². The molecule has 1 aliphatic carbocycles. The third-order valence-corrected chi connectivity index (χ3v) is 4.32. The Morgan fingerprint density at radius 2 is 2.00 bits per heavy atom. The van der Waals surface area contributed by atoms with Crippen LogP contribution in [0.2, 0.25) is 0 Å². The third-order valence-electron chi connectivity index (χ3n) is 4.32. The zero-order valence-corrected chi connectivity index (χ0v) is 9.95. The van der Waals surface area contributed by atoms with Crippen molar-refractivity contribution in [2.75, 3.05) is 19.6 Å². The lowest BCUT2D eigenvalue weighted by Crippen LogP contribution is -2.55. The Morgan fingerprint density at radius 3 is 2.62 bits per heavy atom. The summed E-state index contributed by atoms with van der Waals surface area (Å²) in [4.78, 5) is 13.9. The average Bonchev–Trinajstić information content (AvgIpc) is 2.85. The monoisotopic (exact) mass is 225 g/mol. The highest BCUT2D eigenvalue weighted by Crippen LogP contribution is 2.36. The first-order chi connectivity index (χ1) is 7.63. The van der Waals surface area contributed by atoms with Gasteiger partial charge in [-0.05, 0) is 57.7 Å². The number of nitrogens with zero attached hydrogens (tertiary/aromatic N) is 1. The zero-order chi connectivity index (χ0) is 11.6. The van der Waals surface area contributed by atoms with Crippen molar-refractivity contribution in [3.8, 4) is 0 Å². The van der Waals surface area contributed by atoms with Crippen LogP contribution in [-0.2, 0) is 4.79 Å². The van der Waals surface area contributed by atoms with Gasteiger partial charge in [0.15, 0.2) is 0 Å². The number of nitrogens with two attached hydrogens (primary N) is 2. The summed E-state index contributed by atoms with van der Waals surface area (Å²) in [6, 6.07) is 0. The molecule has 4 nitrogen and oxygen atoms in total. The minimum atomic E-state index is -0.722. The van der Waals surface area contributed by atoms with Gasteiger partial charge in [0, 0.05) is 0 Å². The molecular weight excluding hydrogens is 202 g/mol. The maximum absolute atomic E-state index is 11.4. The first-order valence-electron chi connectivity index (χ1n) is 6.44. The van der Waals surface area contributed by atoms with E-state index < -0.39 is 5.54 Å². The van der Waals surface area contributed by atoms with Crippen LogP contribution in [0.4, 0.5) is 0 Å². The second-order valence-electron chi connectivity index (χ2n) is 5.33. The number of rotatable bonds is 4. The second-order valence-corrected chi connectivity index (χ2v) is 5.33. The van der Waals surface area contributed by atoms with Gasteiger partial charge in [0.05, 0.1) is 5.54 Å². The van der Waals surface area contributed by atoms with E-state index in [1.54, 1.807) is 0 Å². The number of amides is 1. The summed E-state index contributed by atoms with van der Waals surface area (Å²) in [5.74, 6) is -0.0120. The number of hydrogen-bond acceptors (Lipinski definition) is 3. The molecule has 0 radical (unpaired) electrons. The molecule has 1 aliphatic heterocycles. The summed E-state index contributed by atoms with van der Waals surface area (Å²) in [5, 5.41) is 0. The number of carbonyl (C=O) groups is 1. The maximum Gasteiger partial charge on any atom is 0.237 e. The zero-order valence-electron chi connectivity index (χ0n) is 9.95. The molecule has 92 valence electrons. The molecule has 2 rings (SSSR count). The third kappa shape index (κ3) is 2.23. The van der Waals surface area contributed by atoms with Gasteiger partial charge in [0.25, 0.3) is 0 Å². The normalized spacial score (nSPS) is 35.7. The summed E-state index contributed by atoms with van der Waals surface area (Å²) in [7, 11) is 0. The summed E-state index contributed by atoms with van der Waals surface area (Å²) >= 11 is 0. The molecule has 0 bridgehead atoms. The lowest BCUT2D eigenvalue weighted by atomic mass is 9.85. The van der Waals surface area contributed by atoms with Crippen LogP contribution < -0.4 is 11.5 Å². The number of primary amides is 1. The fraction of sp³-hybridized carbons (Fsp3) is 0.917. The Labute approximate surface area is 97.3 Å². The van der Waals surface area contributed by atoms with Gasteiger partial charge in [0.2, 0.25) is 5.91 Å². The van der Waals surface area contributed by atoms with Crippen LogP contribution in [-0.4, -0.2) is 36.0 Å². The molecule has 2 unspecified atom stereocenters. The summed E-state index contributed by atoms with van der Waals surface area (Å²) < 4.78 is 0. The topological polar surface area (TPSA) is 72.3 Å². The molecule has 1 saturated heterocycles.